The van der Waals surface area contributed by atoms with Crippen LogP contribution in [-0.2, 0) is 13.1 Å². The van der Waals surface area contributed by atoms with Crippen LogP contribution in [0.3, 0.4) is 0 Å². The van der Waals surface area contributed by atoms with E-state index in [-0.39, 0.29) is 0 Å². The molecule has 29 heavy (non-hydrogen) atoms. The maximum absolute atomic E-state index is 6.42. The molecule has 0 aromatic heterocycles. The van der Waals surface area contributed by atoms with Crippen LogP contribution in [-0.4, -0.2) is 25.5 Å². The van der Waals surface area contributed by atoms with Gasteiger partial charge in [-0.25, -0.2) is 0 Å². The summed E-state index contributed by atoms with van der Waals surface area (Å²) in [4.78, 5) is 4.77. The average Bonchev–Trinajstić information content (AvgIpc) is 2.83. The van der Waals surface area contributed by atoms with Crippen molar-refractivity contribution in [3.8, 4) is 0 Å². The van der Waals surface area contributed by atoms with Crippen molar-refractivity contribution in [2.75, 3.05) is 25.5 Å². The van der Waals surface area contributed by atoms with E-state index in [9.17, 15) is 0 Å². The van der Waals surface area contributed by atoms with Gasteiger partial charge in [0.15, 0.2) is 0 Å². The van der Waals surface area contributed by atoms with Crippen LogP contribution in [0.5, 0.6) is 0 Å². The second-order valence-corrected chi connectivity index (χ2v) is 8.61. The summed E-state index contributed by atoms with van der Waals surface area (Å²) >= 11 is 6.42. The van der Waals surface area contributed by atoms with Crippen LogP contribution in [0.25, 0.3) is 0 Å². The van der Waals surface area contributed by atoms with E-state index < -0.39 is 0 Å². The van der Waals surface area contributed by atoms with E-state index in [0.29, 0.717) is 5.92 Å². The summed E-state index contributed by atoms with van der Waals surface area (Å²) in [6, 6.07) is 26.0. The predicted octanol–water partition coefficient (Wildman–Crippen LogP) is 6.33. The zero-order valence-electron chi connectivity index (χ0n) is 17.3. The van der Waals surface area contributed by atoms with Gasteiger partial charge in [-0.05, 0) is 66.9 Å². The van der Waals surface area contributed by atoms with Crippen LogP contribution < -0.4 is 4.90 Å². The van der Waals surface area contributed by atoms with Gasteiger partial charge in [-0.3, -0.25) is 0 Å². The molecular formula is C26H29ClN2. The van der Waals surface area contributed by atoms with E-state index in [4.69, 9.17) is 11.6 Å². The van der Waals surface area contributed by atoms with Gasteiger partial charge >= 0.3 is 0 Å². The molecule has 0 saturated carbocycles. The van der Waals surface area contributed by atoms with Gasteiger partial charge in [0.2, 0.25) is 0 Å². The van der Waals surface area contributed by atoms with Gasteiger partial charge in [0.05, 0.1) is 0 Å². The molecule has 4 rings (SSSR count). The third-order valence-electron chi connectivity index (χ3n) is 5.94. The molecule has 0 amide bonds. The molecule has 3 aromatic rings. The lowest BCUT2D eigenvalue weighted by Crippen LogP contribution is -2.19. The van der Waals surface area contributed by atoms with E-state index >= 15 is 0 Å². The summed E-state index contributed by atoms with van der Waals surface area (Å²) < 4.78 is 0. The molecule has 150 valence electrons. The summed E-state index contributed by atoms with van der Waals surface area (Å²) in [5, 5.41) is 0.822. The predicted molar refractivity (Wildman–Crippen MR) is 124 cm³/mol. The number of fused-ring (bicyclic) bond motifs is 2. The summed E-state index contributed by atoms with van der Waals surface area (Å²) in [6.07, 6.45) is 2.27. The van der Waals surface area contributed by atoms with Gasteiger partial charge in [-0.15, -0.1) is 0 Å². The second-order valence-electron chi connectivity index (χ2n) is 8.18. The third kappa shape index (κ3) is 4.66. The SMILES string of the molecule is CN(CCCC1c2ccccc2CN(C)c2ccc(Cl)cc21)Cc1ccccc1. The van der Waals surface area contributed by atoms with Crippen LogP contribution >= 0.6 is 11.6 Å². The highest BCUT2D eigenvalue weighted by Gasteiger charge is 2.25. The van der Waals surface area contributed by atoms with Crippen molar-refractivity contribution in [2.24, 2.45) is 0 Å². The fourth-order valence-electron chi connectivity index (χ4n) is 4.53. The molecule has 0 aliphatic carbocycles. The standard InChI is InChI=1S/C26H29ClN2/c1-28(18-20-9-4-3-5-10-20)16-8-13-24-23-12-7-6-11-21(23)19-29(2)26-15-14-22(27)17-25(24)26/h3-7,9-12,14-15,17,24H,8,13,16,18-19H2,1-2H3. The largest absolute Gasteiger partial charge is 0.370 e. The molecule has 3 aromatic carbocycles. The molecule has 2 nitrogen and oxygen atoms in total. The van der Waals surface area contributed by atoms with Crippen LogP contribution in [0.1, 0.15) is 41.0 Å². The number of hydrogen-bond acceptors (Lipinski definition) is 2. The lowest BCUT2D eigenvalue weighted by molar-refractivity contribution is 0.316. The monoisotopic (exact) mass is 404 g/mol. The van der Waals surface area contributed by atoms with Crippen molar-refractivity contribution >= 4 is 17.3 Å². The highest BCUT2D eigenvalue weighted by molar-refractivity contribution is 6.30. The van der Waals surface area contributed by atoms with Gasteiger partial charge < -0.3 is 9.80 Å². The number of benzene rings is 3. The van der Waals surface area contributed by atoms with Gasteiger partial charge in [-0.2, -0.15) is 0 Å². The summed E-state index contributed by atoms with van der Waals surface area (Å²) in [6.45, 7) is 3.02. The van der Waals surface area contributed by atoms with Crippen molar-refractivity contribution in [3.05, 3.63) is 100 Å². The topological polar surface area (TPSA) is 6.48 Å². The van der Waals surface area contributed by atoms with Crippen LogP contribution in [0.15, 0.2) is 72.8 Å². The molecule has 3 heteroatoms. The Hall–Kier alpha value is -2.29. The molecule has 0 bridgehead atoms. The first-order valence-electron chi connectivity index (χ1n) is 10.4. The lowest BCUT2D eigenvalue weighted by atomic mass is 9.85. The Labute approximate surface area is 179 Å². The summed E-state index contributed by atoms with van der Waals surface area (Å²) in [7, 11) is 4.40. The van der Waals surface area contributed by atoms with Crippen molar-refractivity contribution in [2.45, 2.75) is 31.8 Å². The van der Waals surface area contributed by atoms with Crippen LogP contribution in [0.2, 0.25) is 5.02 Å². The minimum atomic E-state index is 0.384. The highest BCUT2D eigenvalue weighted by atomic mass is 35.5. The maximum atomic E-state index is 6.42. The Morgan fingerprint density at radius 3 is 2.55 bits per heavy atom. The average molecular weight is 405 g/mol. The number of halogens is 1. The molecule has 0 N–H and O–H groups in total. The fraction of sp³-hybridized carbons (Fsp3) is 0.308. The molecule has 1 heterocycles. The van der Waals surface area contributed by atoms with Crippen LogP contribution in [0, 0.1) is 0 Å². The number of anilines is 1. The second kappa shape index (κ2) is 9.02. The first-order chi connectivity index (χ1) is 14.1. The highest BCUT2D eigenvalue weighted by Crippen LogP contribution is 2.41. The molecule has 1 unspecified atom stereocenters. The lowest BCUT2D eigenvalue weighted by Gasteiger charge is -2.23. The molecule has 1 aliphatic heterocycles. The van der Waals surface area contributed by atoms with E-state index in [2.05, 4.69) is 90.6 Å². The molecule has 0 radical (unpaired) electrons. The number of rotatable bonds is 6. The normalized spacial score (nSPS) is 15.7. The Morgan fingerprint density at radius 1 is 0.966 bits per heavy atom. The van der Waals surface area contributed by atoms with Crippen molar-refractivity contribution in [1.82, 2.24) is 4.90 Å². The number of nitrogens with zero attached hydrogens (tertiary/aromatic N) is 2. The minimum absolute atomic E-state index is 0.384. The Kier molecular flexibility index (Phi) is 6.22. The molecule has 1 atom stereocenters. The summed E-state index contributed by atoms with van der Waals surface area (Å²) in [5.41, 5.74) is 6.90. The van der Waals surface area contributed by atoms with E-state index in [1.165, 1.54) is 27.9 Å². The third-order valence-corrected chi connectivity index (χ3v) is 6.18. The smallest absolute Gasteiger partial charge is 0.0429 e. The first-order valence-corrected chi connectivity index (χ1v) is 10.8. The summed E-state index contributed by atoms with van der Waals surface area (Å²) in [5.74, 6) is 0.384. The Bertz CT molecular complexity index is 954. The molecule has 1 aliphatic rings. The van der Waals surface area contributed by atoms with E-state index in [1.54, 1.807) is 0 Å². The zero-order valence-corrected chi connectivity index (χ0v) is 18.1. The Balaban J connectivity index is 1.53. The van der Waals surface area contributed by atoms with Crippen molar-refractivity contribution in [1.29, 1.82) is 0 Å². The van der Waals surface area contributed by atoms with Gasteiger partial charge in [-0.1, -0.05) is 66.2 Å². The van der Waals surface area contributed by atoms with E-state index in [0.717, 1.165) is 37.5 Å². The fourth-order valence-corrected chi connectivity index (χ4v) is 4.71. The molecule has 0 fully saturated rings. The first kappa shape index (κ1) is 20.0. The van der Waals surface area contributed by atoms with Gasteiger partial charge in [0.25, 0.3) is 0 Å². The Morgan fingerprint density at radius 2 is 1.72 bits per heavy atom. The van der Waals surface area contributed by atoms with Crippen molar-refractivity contribution < 1.29 is 0 Å². The quantitative estimate of drug-likeness (QED) is 0.473. The molecular weight excluding hydrogens is 376 g/mol. The number of hydrogen-bond donors (Lipinski definition) is 0. The molecule has 0 saturated heterocycles. The van der Waals surface area contributed by atoms with Crippen molar-refractivity contribution in [3.63, 3.8) is 0 Å². The zero-order chi connectivity index (χ0) is 20.2. The van der Waals surface area contributed by atoms with Gasteiger partial charge in [0.1, 0.15) is 0 Å². The van der Waals surface area contributed by atoms with Crippen LogP contribution in [0.4, 0.5) is 5.69 Å². The maximum Gasteiger partial charge on any atom is 0.0429 e. The van der Waals surface area contributed by atoms with E-state index in [1.807, 2.05) is 6.07 Å². The van der Waals surface area contributed by atoms with Gasteiger partial charge in [0, 0.05) is 36.8 Å². The minimum Gasteiger partial charge on any atom is -0.370 e. The molecule has 0 spiro atoms.